The number of nitrogens with one attached hydrogen (secondary N) is 1. The summed E-state index contributed by atoms with van der Waals surface area (Å²) in [5.41, 5.74) is 7.46. The molecule has 0 radical (unpaired) electrons. The van der Waals surface area contributed by atoms with Crippen molar-refractivity contribution >= 4 is 11.6 Å². The molecule has 1 aliphatic rings. The molecule has 5 nitrogen and oxygen atoms in total. The second kappa shape index (κ2) is 8.08. The van der Waals surface area contributed by atoms with Crippen LogP contribution in [0.3, 0.4) is 0 Å². The van der Waals surface area contributed by atoms with Gasteiger partial charge in [-0.1, -0.05) is 18.2 Å². The summed E-state index contributed by atoms with van der Waals surface area (Å²) in [6, 6.07) is 12.3. The number of nitrogens with zero attached hydrogens (tertiary/aromatic N) is 1. The van der Waals surface area contributed by atoms with Gasteiger partial charge in [-0.25, -0.2) is 9.38 Å². The maximum Gasteiger partial charge on any atom is 0.193 e. The molecule has 1 aliphatic carbocycles. The van der Waals surface area contributed by atoms with E-state index in [1.165, 1.54) is 6.07 Å². The predicted octanol–water partition coefficient (Wildman–Crippen LogP) is 3.91. The van der Waals surface area contributed by atoms with E-state index in [1.54, 1.807) is 12.1 Å². The van der Waals surface area contributed by atoms with Crippen LogP contribution in [0.5, 0.6) is 11.5 Å². The van der Waals surface area contributed by atoms with Crippen molar-refractivity contribution in [3.05, 3.63) is 53.8 Å². The molecule has 1 saturated carbocycles. The van der Waals surface area contributed by atoms with Gasteiger partial charge in [0.05, 0.1) is 24.9 Å². The molecule has 26 heavy (non-hydrogen) atoms. The number of anilines is 1. The summed E-state index contributed by atoms with van der Waals surface area (Å²) in [5.74, 6) is 1.57. The Bertz CT molecular complexity index is 794. The molecule has 0 heterocycles. The van der Waals surface area contributed by atoms with Gasteiger partial charge >= 0.3 is 0 Å². The van der Waals surface area contributed by atoms with Gasteiger partial charge in [-0.3, -0.25) is 0 Å². The molecule has 0 aliphatic heterocycles. The van der Waals surface area contributed by atoms with Crippen LogP contribution < -0.4 is 20.5 Å². The van der Waals surface area contributed by atoms with Crippen LogP contribution in [0.25, 0.3) is 0 Å². The van der Waals surface area contributed by atoms with Crippen LogP contribution in [-0.2, 0) is 0 Å². The van der Waals surface area contributed by atoms with Gasteiger partial charge in [0, 0.05) is 12.0 Å². The van der Waals surface area contributed by atoms with Gasteiger partial charge in [-0.05, 0) is 44.0 Å². The first kappa shape index (κ1) is 18.0. The van der Waals surface area contributed by atoms with Crippen molar-refractivity contribution in [1.82, 2.24) is 0 Å². The van der Waals surface area contributed by atoms with Crippen molar-refractivity contribution in [3.8, 4) is 11.5 Å². The van der Waals surface area contributed by atoms with Crippen molar-refractivity contribution in [3.63, 3.8) is 0 Å². The van der Waals surface area contributed by atoms with Crippen molar-refractivity contribution in [2.45, 2.75) is 32.2 Å². The minimum absolute atomic E-state index is 0.00924. The van der Waals surface area contributed by atoms with E-state index in [-0.39, 0.29) is 23.7 Å². The van der Waals surface area contributed by atoms with Crippen LogP contribution in [0.1, 0.15) is 31.7 Å². The molecule has 1 fully saturated rings. The number of hydrogen-bond acceptors (Lipinski definition) is 3. The zero-order valence-corrected chi connectivity index (χ0v) is 15.0. The van der Waals surface area contributed by atoms with E-state index in [2.05, 4.69) is 10.3 Å². The Labute approximate surface area is 153 Å². The molecular weight excluding hydrogens is 333 g/mol. The van der Waals surface area contributed by atoms with E-state index in [4.69, 9.17) is 15.2 Å². The Morgan fingerprint density at radius 3 is 2.69 bits per heavy atom. The lowest BCUT2D eigenvalue weighted by molar-refractivity contribution is 0.332. The molecule has 2 aromatic rings. The van der Waals surface area contributed by atoms with Crippen molar-refractivity contribution in [2.24, 2.45) is 10.7 Å². The van der Waals surface area contributed by atoms with E-state index < -0.39 is 0 Å². The van der Waals surface area contributed by atoms with Gasteiger partial charge in [-0.15, -0.1) is 0 Å². The highest BCUT2D eigenvalue weighted by molar-refractivity contribution is 5.94. The molecular formula is C20H24FN3O2. The average molecular weight is 357 g/mol. The topological polar surface area (TPSA) is 68.9 Å². The fraction of sp³-hybridized carbons (Fsp3) is 0.350. The number of guanidine groups is 1. The fourth-order valence-corrected chi connectivity index (χ4v) is 2.93. The highest BCUT2D eigenvalue weighted by Gasteiger charge is 2.40. The molecule has 6 heteroatoms. The zero-order valence-electron chi connectivity index (χ0n) is 15.0. The third-order valence-electron chi connectivity index (χ3n) is 4.19. The largest absolute Gasteiger partial charge is 0.494 e. The molecule has 2 atom stereocenters. The molecule has 0 bridgehead atoms. The van der Waals surface area contributed by atoms with Crippen molar-refractivity contribution in [1.29, 1.82) is 0 Å². The van der Waals surface area contributed by atoms with Crippen LogP contribution >= 0.6 is 0 Å². The second-order valence-corrected chi connectivity index (χ2v) is 6.09. The molecule has 0 saturated heterocycles. The van der Waals surface area contributed by atoms with E-state index >= 15 is 0 Å². The standard InChI is InChI=1S/C20H24FN3O2/c1-3-25-13-9-10-19(26-4-2)18(11-13)24-20(22)23-17-12-15(17)14-7-5-6-8-16(14)21/h5-11,15,17H,3-4,12H2,1-2H3,(H3,22,23,24). The minimum atomic E-state index is -0.190. The number of hydrogen-bond donors (Lipinski definition) is 2. The predicted molar refractivity (Wildman–Crippen MR) is 102 cm³/mol. The minimum Gasteiger partial charge on any atom is -0.494 e. The van der Waals surface area contributed by atoms with E-state index in [0.29, 0.717) is 30.2 Å². The maximum absolute atomic E-state index is 13.9. The summed E-state index contributed by atoms with van der Waals surface area (Å²) < 4.78 is 25.0. The lowest BCUT2D eigenvalue weighted by Crippen LogP contribution is -2.23. The first-order valence-electron chi connectivity index (χ1n) is 8.86. The van der Waals surface area contributed by atoms with Gasteiger partial charge < -0.3 is 20.5 Å². The van der Waals surface area contributed by atoms with Gasteiger partial charge in [0.1, 0.15) is 17.3 Å². The molecule has 2 aromatic carbocycles. The summed E-state index contributed by atoms with van der Waals surface area (Å²) in [7, 11) is 0. The fourth-order valence-electron chi connectivity index (χ4n) is 2.93. The highest BCUT2D eigenvalue weighted by atomic mass is 19.1. The Morgan fingerprint density at radius 2 is 1.96 bits per heavy atom. The van der Waals surface area contributed by atoms with Crippen molar-refractivity contribution in [2.75, 3.05) is 18.5 Å². The van der Waals surface area contributed by atoms with Gasteiger partial charge in [0.25, 0.3) is 0 Å². The summed E-state index contributed by atoms with van der Waals surface area (Å²) in [6.07, 6.45) is 0.792. The van der Waals surface area contributed by atoms with E-state index in [1.807, 2.05) is 38.1 Å². The van der Waals surface area contributed by atoms with E-state index in [9.17, 15) is 4.39 Å². The maximum atomic E-state index is 13.9. The molecule has 2 unspecified atom stereocenters. The zero-order chi connectivity index (χ0) is 18.5. The number of benzene rings is 2. The average Bonchev–Trinajstić information content (AvgIpc) is 3.36. The number of rotatable bonds is 7. The Morgan fingerprint density at radius 1 is 1.19 bits per heavy atom. The highest BCUT2D eigenvalue weighted by Crippen LogP contribution is 2.44. The third kappa shape index (κ3) is 4.25. The third-order valence-corrected chi connectivity index (χ3v) is 4.19. The first-order valence-corrected chi connectivity index (χ1v) is 8.86. The van der Waals surface area contributed by atoms with Crippen LogP contribution in [0.15, 0.2) is 47.5 Å². The smallest absolute Gasteiger partial charge is 0.193 e. The Balaban J connectivity index is 1.71. The van der Waals surface area contributed by atoms with Gasteiger partial charge in [-0.2, -0.15) is 0 Å². The van der Waals surface area contributed by atoms with Crippen molar-refractivity contribution < 1.29 is 13.9 Å². The lowest BCUT2D eigenvalue weighted by Gasteiger charge is -2.14. The summed E-state index contributed by atoms with van der Waals surface area (Å²) in [4.78, 5) is 4.48. The number of ether oxygens (including phenoxy) is 2. The summed E-state index contributed by atoms with van der Waals surface area (Å²) in [6.45, 7) is 4.96. The molecule has 3 rings (SSSR count). The lowest BCUT2D eigenvalue weighted by atomic mass is 10.1. The quantitative estimate of drug-likeness (QED) is 0.582. The van der Waals surface area contributed by atoms with E-state index in [0.717, 1.165) is 12.2 Å². The molecule has 138 valence electrons. The number of aliphatic imine (C=N–C) groups is 1. The van der Waals surface area contributed by atoms with Crippen LogP contribution in [-0.4, -0.2) is 25.2 Å². The van der Waals surface area contributed by atoms with Gasteiger partial charge in [0.2, 0.25) is 0 Å². The van der Waals surface area contributed by atoms with Crippen LogP contribution in [0.2, 0.25) is 0 Å². The summed E-state index contributed by atoms with van der Waals surface area (Å²) in [5, 5.41) is 3.08. The number of nitrogens with two attached hydrogens (primary N) is 1. The molecule has 0 amide bonds. The molecule has 0 spiro atoms. The Hall–Kier alpha value is -2.76. The van der Waals surface area contributed by atoms with Crippen LogP contribution in [0.4, 0.5) is 10.1 Å². The molecule has 0 aromatic heterocycles. The molecule has 3 N–H and O–H groups in total. The second-order valence-electron chi connectivity index (χ2n) is 6.09. The summed E-state index contributed by atoms with van der Waals surface area (Å²) >= 11 is 0. The normalized spacial score (nSPS) is 19.1. The number of halogens is 1. The van der Waals surface area contributed by atoms with Crippen LogP contribution in [0, 0.1) is 5.82 Å². The first-order chi connectivity index (χ1) is 12.6. The Kier molecular flexibility index (Phi) is 5.61. The monoisotopic (exact) mass is 357 g/mol. The van der Waals surface area contributed by atoms with Gasteiger partial charge in [0.15, 0.2) is 5.96 Å². The SMILES string of the molecule is CCOc1ccc(OCC)c(NC(N)=NC2CC2c2ccccc2F)c1.